The van der Waals surface area contributed by atoms with E-state index in [1.54, 1.807) is 12.1 Å². The zero-order valence-electron chi connectivity index (χ0n) is 10.8. The Labute approximate surface area is 118 Å². The van der Waals surface area contributed by atoms with Crippen LogP contribution >= 0.6 is 12.4 Å². The van der Waals surface area contributed by atoms with Gasteiger partial charge in [0.2, 0.25) is 0 Å². The number of nitrogens with zero attached hydrogens (tertiary/aromatic N) is 1. The summed E-state index contributed by atoms with van der Waals surface area (Å²) in [6, 6.07) is 2.65. The Morgan fingerprint density at radius 1 is 1.26 bits per heavy atom. The summed E-state index contributed by atoms with van der Waals surface area (Å²) < 4.78 is 27.5. The maximum absolute atomic E-state index is 13.9. The zero-order chi connectivity index (χ0) is 13.1. The van der Waals surface area contributed by atoms with Gasteiger partial charge >= 0.3 is 0 Å². The first-order valence-electron chi connectivity index (χ1n) is 6.15. The predicted octanol–water partition coefficient (Wildman–Crippen LogP) is 1.63. The Balaban J connectivity index is 0.00000180. The number of rotatable bonds is 3. The monoisotopic (exact) mass is 292 g/mol. The molecule has 1 atom stereocenters. The Morgan fingerprint density at radius 3 is 2.47 bits per heavy atom. The van der Waals surface area contributed by atoms with Gasteiger partial charge in [0.25, 0.3) is 0 Å². The second kappa shape index (κ2) is 7.14. The maximum atomic E-state index is 13.9. The molecule has 3 nitrogen and oxygen atoms in total. The van der Waals surface area contributed by atoms with E-state index in [0.29, 0.717) is 0 Å². The number of aliphatic hydroxyl groups excluding tert-OH is 1. The average Bonchev–Trinajstić information content (AvgIpc) is 2.41. The zero-order valence-corrected chi connectivity index (χ0v) is 11.6. The number of hydrogen-bond donors (Lipinski definition) is 2. The summed E-state index contributed by atoms with van der Waals surface area (Å²) in [6.45, 7) is 4.36. The molecule has 0 saturated carbocycles. The molecule has 1 aromatic rings. The van der Waals surface area contributed by atoms with E-state index in [0.717, 1.165) is 26.2 Å². The molecule has 0 spiro atoms. The Morgan fingerprint density at radius 2 is 1.89 bits per heavy atom. The van der Waals surface area contributed by atoms with Gasteiger partial charge < -0.3 is 10.4 Å². The normalized spacial score (nSPS) is 17.9. The van der Waals surface area contributed by atoms with Crippen LogP contribution in [0.2, 0.25) is 0 Å². The molecule has 0 bridgehead atoms. The highest BCUT2D eigenvalue weighted by molar-refractivity contribution is 5.85. The molecule has 19 heavy (non-hydrogen) atoms. The first-order valence-corrected chi connectivity index (χ1v) is 6.15. The number of aliphatic hydroxyl groups is 1. The molecule has 0 amide bonds. The molecule has 0 radical (unpaired) electrons. The molecule has 1 aliphatic heterocycles. The molecule has 1 saturated heterocycles. The minimum absolute atomic E-state index is 0. The van der Waals surface area contributed by atoms with Gasteiger partial charge in [-0.05, 0) is 12.5 Å². The summed E-state index contributed by atoms with van der Waals surface area (Å²) in [5, 5.41) is 12.7. The average molecular weight is 293 g/mol. The van der Waals surface area contributed by atoms with Gasteiger partial charge in [0.15, 0.2) is 11.6 Å². The lowest BCUT2D eigenvalue weighted by atomic mass is 10.0. The molecule has 1 fully saturated rings. The maximum Gasteiger partial charge on any atom is 0.163 e. The smallest absolute Gasteiger partial charge is 0.163 e. The largest absolute Gasteiger partial charge is 0.394 e. The third-order valence-corrected chi connectivity index (χ3v) is 3.43. The minimum atomic E-state index is -0.840. The van der Waals surface area contributed by atoms with Gasteiger partial charge in [0.1, 0.15) is 0 Å². The predicted molar refractivity (Wildman–Crippen MR) is 72.6 cm³/mol. The van der Waals surface area contributed by atoms with Crippen LogP contribution in [0.25, 0.3) is 0 Å². The number of aryl methyl sites for hydroxylation is 1. The highest BCUT2D eigenvalue weighted by atomic mass is 35.5. The second-order valence-electron chi connectivity index (χ2n) is 4.58. The van der Waals surface area contributed by atoms with Crippen molar-refractivity contribution < 1.29 is 13.9 Å². The molecule has 2 rings (SSSR count). The van der Waals surface area contributed by atoms with Crippen molar-refractivity contribution in [2.75, 3.05) is 32.8 Å². The van der Waals surface area contributed by atoms with E-state index in [-0.39, 0.29) is 30.1 Å². The first kappa shape index (κ1) is 16.3. The lowest BCUT2D eigenvalue weighted by molar-refractivity contribution is 0.108. The highest BCUT2D eigenvalue weighted by Gasteiger charge is 2.25. The third kappa shape index (κ3) is 3.42. The van der Waals surface area contributed by atoms with Crippen molar-refractivity contribution in [3.8, 4) is 0 Å². The van der Waals surface area contributed by atoms with E-state index in [1.165, 1.54) is 6.92 Å². The number of hydrogen-bond acceptors (Lipinski definition) is 3. The van der Waals surface area contributed by atoms with Crippen molar-refractivity contribution in [1.29, 1.82) is 0 Å². The molecular weight excluding hydrogens is 274 g/mol. The number of nitrogens with one attached hydrogen (secondary N) is 1. The van der Waals surface area contributed by atoms with E-state index in [1.807, 2.05) is 4.90 Å². The molecule has 2 N–H and O–H groups in total. The van der Waals surface area contributed by atoms with Crippen LogP contribution in [0.5, 0.6) is 0 Å². The lowest BCUT2D eigenvalue weighted by Gasteiger charge is -2.34. The number of halogens is 3. The molecule has 0 aromatic heterocycles. The lowest BCUT2D eigenvalue weighted by Crippen LogP contribution is -2.46. The van der Waals surface area contributed by atoms with Crippen molar-refractivity contribution >= 4 is 12.4 Å². The molecule has 108 valence electrons. The van der Waals surface area contributed by atoms with Crippen molar-refractivity contribution in [1.82, 2.24) is 10.2 Å². The summed E-state index contributed by atoms with van der Waals surface area (Å²) in [4.78, 5) is 1.98. The quantitative estimate of drug-likeness (QED) is 0.889. The molecule has 1 aromatic carbocycles. The van der Waals surface area contributed by atoms with Crippen molar-refractivity contribution in [2.45, 2.75) is 13.0 Å². The summed E-state index contributed by atoms with van der Waals surface area (Å²) in [6.07, 6.45) is 0. The second-order valence-corrected chi connectivity index (χ2v) is 4.58. The summed E-state index contributed by atoms with van der Waals surface area (Å²) >= 11 is 0. The van der Waals surface area contributed by atoms with Crippen molar-refractivity contribution in [3.63, 3.8) is 0 Å². The van der Waals surface area contributed by atoms with Gasteiger partial charge in [0, 0.05) is 31.7 Å². The molecule has 1 heterocycles. The number of piperazine rings is 1. The van der Waals surface area contributed by atoms with E-state index < -0.39 is 17.7 Å². The Bertz CT molecular complexity index is 425. The van der Waals surface area contributed by atoms with E-state index in [2.05, 4.69) is 5.32 Å². The molecule has 0 unspecified atom stereocenters. The standard InChI is InChI=1S/C13H18F2N2O.ClH/c1-9-2-3-10(13(15)12(9)14)11(8-18)17-6-4-16-5-7-17;/h2-3,11,16,18H,4-8H2,1H3;1H/t11-;/m0./s1. The van der Waals surface area contributed by atoms with Gasteiger partial charge in [-0.15, -0.1) is 12.4 Å². The van der Waals surface area contributed by atoms with E-state index in [4.69, 9.17) is 0 Å². The van der Waals surface area contributed by atoms with Gasteiger partial charge in [-0.2, -0.15) is 0 Å². The van der Waals surface area contributed by atoms with Crippen molar-refractivity contribution in [2.24, 2.45) is 0 Å². The van der Waals surface area contributed by atoms with Gasteiger partial charge in [0.05, 0.1) is 12.6 Å². The van der Waals surface area contributed by atoms with Crippen LogP contribution in [0.3, 0.4) is 0 Å². The Hall–Kier alpha value is -0.750. The topological polar surface area (TPSA) is 35.5 Å². The van der Waals surface area contributed by atoms with Crippen LogP contribution in [0.1, 0.15) is 17.2 Å². The SMILES string of the molecule is Cc1ccc([C@H](CO)N2CCNCC2)c(F)c1F.Cl. The molecule has 1 aliphatic rings. The van der Waals surface area contributed by atoms with Crippen LogP contribution in [0.15, 0.2) is 12.1 Å². The summed E-state index contributed by atoms with van der Waals surface area (Å²) in [5.74, 6) is -1.66. The fourth-order valence-electron chi connectivity index (χ4n) is 2.32. The minimum Gasteiger partial charge on any atom is -0.394 e. The molecular formula is C13H19ClF2N2O. The third-order valence-electron chi connectivity index (χ3n) is 3.43. The molecule has 0 aliphatic carbocycles. The van der Waals surface area contributed by atoms with Gasteiger partial charge in [-0.25, -0.2) is 8.78 Å². The van der Waals surface area contributed by atoms with E-state index >= 15 is 0 Å². The fourth-order valence-corrected chi connectivity index (χ4v) is 2.32. The van der Waals surface area contributed by atoms with Gasteiger partial charge in [-0.3, -0.25) is 4.90 Å². The highest BCUT2D eigenvalue weighted by Crippen LogP contribution is 2.26. The van der Waals surface area contributed by atoms with Crippen LogP contribution in [0.4, 0.5) is 8.78 Å². The van der Waals surface area contributed by atoms with Crippen LogP contribution in [-0.4, -0.2) is 42.8 Å². The van der Waals surface area contributed by atoms with Crippen LogP contribution in [-0.2, 0) is 0 Å². The van der Waals surface area contributed by atoms with Crippen molar-refractivity contribution in [3.05, 3.63) is 34.9 Å². The summed E-state index contributed by atoms with van der Waals surface area (Å²) in [7, 11) is 0. The first-order chi connectivity index (χ1) is 8.65. The Kier molecular flexibility index (Phi) is 6.13. The number of benzene rings is 1. The van der Waals surface area contributed by atoms with Crippen LogP contribution < -0.4 is 5.32 Å². The van der Waals surface area contributed by atoms with Gasteiger partial charge in [-0.1, -0.05) is 12.1 Å². The van der Waals surface area contributed by atoms with E-state index in [9.17, 15) is 13.9 Å². The fraction of sp³-hybridized carbons (Fsp3) is 0.538. The molecule has 6 heteroatoms. The summed E-state index contributed by atoms with van der Waals surface area (Å²) in [5.41, 5.74) is 0.524. The van der Waals surface area contributed by atoms with Crippen LogP contribution in [0, 0.1) is 18.6 Å².